The lowest BCUT2D eigenvalue weighted by atomic mass is 9.91. The van der Waals surface area contributed by atoms with E-state index in [4.69, 9.17) is 5.73 Å². The van der Waals surface area contributed by atoms with Crippen LogP contribution in [-0.2, 0) is 16.0 Å². The first-order valence-corrected chi connectivity index (χ1v) is 7.57. The average Bonchev–Trinajstić information content (AvgIpc) is 2.42. The smallest absolute Gasteiger partial charge is 0.293 e. The number of piperidine rings is 1. The Labute approximate surface area is 128 Å². The summed E-state index contributed by atoms with van der Waals surface area (Å²) in [6.45, 7) is 8.28. The van der Waals surface area contributed by atoms with E-state index in [0.717, 1.165) is 11.6 Å². The molecular formula is C17H28N2O2. The lowest BCUT2D eigenvalue weighted by Gasteiger charge is -2.22. The molecule has 4 nitrogen and oxygen atoms in total. The fourth-order valence-corrected chi connectivity index (χ4v) is 2.22. The Balaban J connectivity index is 0.000000270. The second-order valence-electron chi connectivity index (χ2n) is 6.47. The standard InChI is InChI=1S/C12H18N2.C5H10O2/c13-12-3-1-10(2-4-12)9-11-5-7-14-8-6-11;1-5(2,3)7-4-6/h1-4,11,14H,5-9,13H2;4H,1-3H3. The number of hydrogen-bond acceptors (Lipinski definition) is 4. The van der Waals surface area contributed by atoms with Crippen LogP contribution in [0.4, 0.5) is 5.69 Å². The van der Waals surface area contributed by atoms with Crippen LogP contribution < -0.4 is 11.1 Å². The van der Waals surface area contributed by atoms with Gasteiger partial charge in [0.25, 0.3) is 6.47 Å². The van der Waals surface area contributed by atoms with Gasteiger partial charge in [-0.05, 0) is 76.7 Å². The highest BCUT2D eigenvalue weighted by Gasteiger charge is 2.12. The number of hydrogen-bond donors (Lipinski definition) is 2. The Bertz CT molecular complexity index is 404. The molecule has 1 aromatic rings. The van der Waals surface area contributed by atoms with Gasteiger partial charge < -0.3 is 15.8 Å². The predicted molar refractivity (Wildman–Crippen MR) is 87.1 cm³/mol. The van der Waals surface area contributed by atoms with Crippen molar-refractivity contribution in [3.63, 3.8) is 0 Å². The summed E-state index contributed by atoms with van der Waals surface area (Å²) in [7, 11) is 0. The highest BCUT2D eigenvalue weighted by atomic mass is 16.5. The number of anilines is 1. The molecule has 1 saturated heterocycles. The minimum absolute atomic E-state index is 0.318. The molecule has 0 unspecified atom stereocenters. The number of rotatable bonds is 3. The third-order valence-corrected chi connectivity index (χ3v) is 3.36. The first-order chi connectivity index (χ1) is 9.90. The van der Waals surface area contributed by atoms with Crippen molar-refractivity contribution in [2.24, 2.45) is 5.92 Å². The Morgan fingerprint density at radius 2 is 1.81 bits per heavy atom. The fraction of sp³-hybridized carbons (Fsp3) is 0.588. The van der Waals surface area contributed by atoms with Crippen molar-refractivity contribution in [1.29, 1.82) is 0 Å². The molecule has 3 N–H and O–H groups in total. The Hall–Kier alpha value is -1.55. The highest BCUT2D eigenvalue weighted by molar-refractivity contribution is 5.39. The van der Waals surface area contributed by atoms with Gasteiger partial charge in [0.2, 0.25) is 0 Å². The molecule has 1 aromatic carbocycles. The zero-order valence-electron chi connectivity index (χ0n) is 13.4. The summed E-state index contributed by atoms with van der Waals surface area (Å²) in [4.78, 5) is 9.60. The van der Waals surface area contributed by atoms with Gasteiger partial charge in [-0.2, -0.15) is 0 Å². The number of carbonyl (C=O) groups is 1. The quantitative estimate of drug-likeness (QED) is 0.664. The topological polar surface area (TPSA) is 64.3 Å². The number of benzene rings is 1. The summed E-state index contributed by atoms with van der Waals surface area (Å²) in [6.07, 6.45) is 3.83. The number of nitrogens with one attached hydrogen (secondary N) is 1. The molecule has 21 heavy (non-hydrogen) atoms. The van der Waals surface area contributed by atoms with Crippen molar-refractivity contribution in [2.75, 3.05) is 18.8 Å². The molecule has 0 saturated carbocycles. The zero-order chi connectivity index (χ0) is 15.7. The summed E-state index contributed by atoms with van der Waals surface area (Å²) in [6, 6.07) is 8.29. The number of carbonyl (C=O) groups excluding carboxylic acids is 1. The molecule has 0 amide bonds. The predicted octanol–water partition coefficient (Wildman–Crippen LogP) is 2.77. The molecule has 0 aliphatic carbocycles. The first kappa shape index (κ1) is 17.5. The van der Waals surface area contributed by atoms with E-state index in [1.165, 1.54) is 37.9 Å². The van der Waals surface area contributed by atoms with Gasteiger partial charge in [-0.1, -0.05) is 12.1 Å². The maximum atomic E-state index is 9.60. The molecule has 1 heterocycles. The van der Waals surface area contributed by atoms with E-state index in [0.29, 0.717) is 6.47 Å². The van der Waals surface area contributed by atoms with Crippen molar-refractivity contribution in [3.05, 3.63) is 29.8 Å². The molecule has 118 valence electrons. The van der Waals surface area contributed by atoms with E-state index in [1.54, 1.807) is 0 Å². The molecule has 0 spiro atoms. The van der Waals surface area contributed by atoms with E-state index < -0.39 is 0 Å². The van der Waals surface area contributed by atoms with Crippen LogP contribution >= 0.6 is 0 Å². The van der Waals surface area contributed by atoms with E-state index >= 15 is 0 Å². The molecule has 0 atom stereocenters. The molecule has 1 fully saturated rings. The number of nitrogen functional groups attached to an aromatic ring is 1. The average molecular weight is 292 g/mol. The van der Waals surface area contributed by atoms with Crippen molar-refractivity contribution in [2.45, 2.75) is 45.6 Å². The normalized spacial score (nSPS) is 15.8. The Morgan fingerprint density at radius 1 is 1.24 bits per heavy atom. The van der Waals surface area contributed by atoms with Gasteiger partial charge in [-0.15, -0.1) is 0 Å². The van der Waals surface area contributed by atoms with Crippen LogP contribution in [0.2, 0.25) is 0 Å². The van der Waals surface area contributed by atoms with Gasteiger partial charge in [0.1, 0.15) is 5.60 Å². The van der Waals surface area contributed by atoms with Crippen molar-refractivity contribution in [1.82, 2.24) is 5.32 Å². The first-order valence-electron chi connectivity index (χ1n) is 7.57. The monoisotopic (exact) mass is 292 g/mol. The van der Waals surface area contributed by atoms with Crippen LogP contribution in [-0.4, -0.2) is 25.2 Å². The van der Waals surface area contributed by atoms with Crippen molar-refractivity contribution in [3.8, 4) is 0 Å². The number of ether oxygens (including phenoxy) is 1. The lowest BCUT2D eigenvalue weighted by molar-refractivity contribution is -0.138. The highest BCUT2D eigenvalue weighted by Crippen LogP contribution is 2.18. The molecule has 0 bridgehead atoms. The second-order valence-corrected chi connectivity index (χ2v) is 6.47. The molecule has 4 heteroatoms. The maximum Gasteiger partial charge on any atom is 0.293 e. The lowest BCUT2D eigenvalue weighted by Crippen LogP contribution is -2.28. The van der Waals surface area contributed by atoms with E-state index in [2.05, 4.69) is 22.2 Å². The zero-order valence-corrected chi connectivity index (χ0v) is 13.4. The van der Waals surface area contributed by atoms with Crippen LogP contribution in [0.25, 0.3) is 0 Å². The minimum atomic E-state index is -0.318. The van der Waals surface area contributed by atoms with Crippen LogP contribution in [0.5, 0.6) is 0 Å². The van der Waals surface area contributed by atoms with Crippen LogP contribution in [0.3, 0.4) is 0 Å². The largest absolute Gasteiger partial charge is 0.462 e. The van der Waals surface area contributed by atoms with E-state index in [-0.39, 0.29) is 5.60 Å². The van der Waals surface area contributed by atoms with Gasteiger partial charge in [0.15, 0.2) is 0 Å². The molecule has 1 aliphatic rings. The summed E-state index contributed by atoms with van der Waals surface area (Å²) in [5, 5.41) is 3.39. The van der Waals surface area contributed by atoms with E-state index in [1.807, 2.05) is 32.9 Å². The second kappa shape index (κ2) is 8.67. The van der Waals surface area contributed by atoms with E-state index in [9.17, 15) is 4.79 Å². The number of nitrogens with two attached hydrogens (primary N) is 1. The Morgan fingerprint density at radius 3 is 2.24 bits per heavy atom. The minimum Gasteiger partial charge on any atom is -0.462 e. The Kier molecular flexibility index (Phi) is 7.23. The van der Waals surface area contributed by atoms with Crippen LogP contribution in [0.1, 0.15) is 39.2 Å². The van der Waals surface area contributed by atoms with Crippen molar-refractivity contribution < 1.29 is 9.53 Å². The summed E-state index contributed by atoms with van der Waals surface area (Å²) < 4.78 is 4.55. The van der Waals surface area contributed by atoms with Gasteiger partial charge >= 0.3 is 0 Å². The summed E-state index contributed by atoms with van der Waals surface area (Å²) >= 11 is 0. The van der Waals surface area contributed by atoms with Crippen LogP contribution in [0, 0.1) is 5.92 Å². The SMILES string of the molecule is CC(C)(C)OC=O.Nc1ccc(CC2CCNCC2)cc1. The molecule has 1 aliphatic heterocycles. The third-order valence-electron chi connectivity index (χ3n) is 3.36. The molecular weight excluding hydrogens is 264 g/mol. The third kappa shape index (κ3) is 8.35. The summed E-state index contributed by atoms with van der Waals surface area (Å²) in [5.41, 5.74) is 7.61. The summed E-state index contributed by atoms with van der Waals surface area (Å²) in [5.74, 6) is 0.861. The van der Waals surface area contributed by atoms with Gasteiger partial charge in [-0.3, -0.25) is 4.79 Å². The molecule has 0 radical (unpaired) electrons. The van der Waals surface area contributed by atoms with Crippen LogP contribution in [0.15, 0.2) is 24.3 Å². The van der Waals surface area contributed by atoms with Crippen molar-refractivity contribution >= 4 is 12.2 Å². The molecule has 2 rings (SSSR count). The van der Waals surface area contributed by atoms with Gasteiger partial charge in [0.05, 0.1) is 0 Å². The van der Waals surface area contributed by atoms with Gasteiger partial charge in [0, 0.05) is 5.69 Å². The van der Waals surface area contributed by atoms with Gasteiger partial charge in [-0.25, -0.2) is 0 Å². The fourth-order valence-electron chi connectivity index (χ4n) is 2.22. The molecule has 0 aromatic heterocycles. The maximum absolute atomic E-state index is 9.60.